The molecule has 1 aromatic rings. The van der Waals surface area contributed by atoms with Gasteiger partial charge in [-0.05, 0) is 42.2 Å². The predicted molar refractivity (Wildman–Crippen MR) is 64.5 cm³/mol. The van der Waals surface area contributed by atoms with Crippen molar-refractivity contribution in [3.05, 3.63) is 22.6 Å². The zero-order valence-electron chi connectivity index (χ0n) is 10.3. The number of aryl methyl sites for hydroxylation is 1. The maximum absolute atomic E-state index is 6.01. The molecule has 0 aliphatic heterocycles. The first-order valence-electron chi connectivity index (χ1n) is 6.43. The lowest BCUT2D eigenvalue weighted by Crippen LogP contribution is -2.28. The fourth-order valence-electron chi connectivity index (χ4n) is 3.16. The second-order valence-corrected chi connectivity index (χ2v) is 6.25. The third kappa shape index (κ3) is 1.60. The van der Waals surface area contributed by atoms with Crippen LogP contribution >= 0.6 is 0 Å². The van der Waals surface area contributed by atoms with E-state index in [4.69, 9.17) is 10.2 Å². The van der Waals surface area contributed by atoms with E-state index in [0.29, 0.717) is 11.5 Å². The Morgan fingerprint density at radius 2 is 2.00 bits per heavy atom. The number of furan rings is 1. The van der Waals surface area contributed by atoms with Crippen LogP contribution in [0.25, 0.3) is 0 Å². The average molecular weight is 219 g/mol. The van der Waals surface area contributed by atoms with E-state index >= 15 is 0 Å². The van der Waals surface area contributed by atoms with E-state index < -0.39 is 0 Å². The van der Waals surface area contributed by atoms with Crippen molar-refractivity contribution in [3.63, 3.8) is 0 Å². The topological polar surface area (TPSA) is 39.2 Å². The highest BCUT2D eigenvalue weighted by Gasteiger charge is 2.33. The molecule has 0 saturated heterocycles. The molecule has 0 bridgehead atoms. The van der Waals surface area contributed by atoms with Crippen LogP contribution in [0.15, 0.2) is 4.42 Å². The molecule has 1 aromatic heterocycles. The van der Waals surface area contributed by atoms with Gasteiger partial charge in [-0.15, -0.1) is 0 Å². The minimum atomic E-state index is 0.313. The van der Waals surface area contributed by atoms with Gasteiger partial charge in [-0.1, -0.05) is 13.8 Å². The molecule has 1 atom stereocenters. The van der Waals surface area contributed by atoms with E-state index in [1.165, 1.54) is 35.5 Å². The smallest absolute Gasteiger partial charge is 0.109 e. The highest BCUT2D eigenvalue weighted by atomic mass is 16.3. The molecule has 0 aromatic carbocycles. The van der Waals surface area contributed by atoms with Crippen molar-refractivity contribution in [2.75, 3.05) is 0 Å². The molecule has 0 radical (unpaired) electrons. The Balaban J connectivity index is 2.01. The van der Waals surface area contributed by atoms with Crippen LogP contribution in [0.1, 0.15) is 49.3 Å². The van der Waals surface area contributed by atoms with Crippen molar-refractivity contribution in [1.29, 1.82) is 0 Å². The van der Waals surface area contributed by atoms with Crippen LogP contribution in [-0.4, -0.2) is 6.04 Å². The molecule has 2 nitrogen and oxygen atoms in total. The summed E-state index contributed by atoms with van der Waals surface area (Å²) in [6, 6.07) is 0.313. The van der Waals surface area contributed by atoms with E-state index in [2.05, 4.69) is 13.8 Å². The molecule has 0 amide bonds. The second kappa shape index (κ2) is 3.36. The van der Waals surface area contributed by atoms with Crippen LogP contribution in [0, 0.1) is 5.41 Å². The van der Waals surface area contributed by atoms with Gasteiger partial charge in [0.05, 0.1) is 0 Å². The highest BCUT2D eigenvalue weighted by molar-refractivity contribution is 5.38. The van der Waals surface area contributed by atoms with Crippen molar-refractivity contribution < 1.29 is 4.42 Å². The Labute approximate surface area is 97.2 Å². The molecular formula is C14H21NO. The molecule has 16 heavy (non-hydrogen) atoms. The summed E-state index contributed by atoms with van der Waals surface area (Å²) in [6.07, 6.45) is 6.76. The van der Waals surface area contributed by atoms with Crippen LogP contribution in [0.5, 0.6) is 0 Å². The maximum Gasteiger partial charge on any atom is 0.109 e. The van der Waals surface area contributed by atoms with Gasteiger partial charge >= 0.3 is 0 Å². The fourth-order valence-corrected chi connectivity index (χ4v) is 3.16. The summed E-state index contributed by atoms with van der Waals surface area (Å²) in [5.74, 6) is 2.46. The predicted octanol–water partition coefficient (Wildman–Crippen LogP) is 2.61. The Bertz CT molecular complexity index is 417. The van der Waals surface area contributed by atoms with E-state index in [1.54, 1.807) is 0 Å². The molecule has 2 heteroatoms. The number of hydrogen-bond acceptors (Lipinski definition) is 2. The zero-order valence-corrected chi connectivity index (χ0v) is 10.3. The first-order valence-corrected chi connectivity index (χ1v) is 6.43. The normalized spacial score (nSPS) is 27.3. The quantitative estimate of drug-likeness (QED) is 0.728. The van der Waals surface area contributed by atoms with Gasteiger partial charge in [0.25, 0.3) is 0 Å². The van der Waals surface area contributed by atoms with E-state index in [-0.39, 0.29) is 0 Å². The van der Waals surface area contributed by atoms with E-state index in [1.807, 2.05) is 0 Å². The van der Waals surface area contributed by atoms with Gasteiger partial charge in [0, 0.05) is 18.9 Å². The van der Waals surface area contributed by atoms with Crippen LogP contribution in [-0.2, 0) is 25.7 Å². The molecular weight excluding hydrogens is 198 g/mol. The molecule has 88 valence electrons. The first kappa shape index (κ1) is 10.4. The van der Waals surface area contributed by atoms with Gasteiger partial charge in [0.15, 0.2) is 0 Å². The monoisotopic (exact) mass is 219 g/mol. The molecule has 3 rings (SSSR count). The molecule has 0 fully saturated rings. The van der Waals surface area contributed by atoms with E-state index in [0.717, 1.165) is 25.7 Å². The summed E-state index contributed by atoms with van der Waals surface area (Å²) in [6.45, 7) is 4.73. The minimum absolute atomic E-state index is 0.313. The van der Waals surface area contributed by atoms with Gasteiger partial charge in [-0.3, -0.25) is 0 Å². The van der Waals surface area contributed by atoms with Gasteiger partial charge < -0.3 is 10.2 Å². The second-order valence-electron chi connectivity index (χ2n) is 6.25. The Kier molecular flexibility index (Phi) is 2.19. The Hall–Kier alpha value is -0.760. The third-order valence-corrected chi connectivity index (χ3v) is 4.18. The third-order valence-electron chi connectivity index (χ3n) is 4.18. The van der Waals surface area contributed by atoms with Gasteiger partial charge in [0.2, 0.25) is 0 Å². The van der Waals surface area contributed by atoms with Crippen molar-refractivity contribution in [2.24, 2.45) is 11.1 Å². The van der Waals surface area contributed by atoms with Gasteiger partial charge in [-0.2, -0.15) is 0 Å². The summed E-state index contributed by atoms with van der Waals surface area (Å²) in [5.41, 5.74) is 9.48. The Morgan fingerprint density at radius 3 is 2.81 bits per heavy atom. The Morgan fingerprint density at radius 1 is 1.19 bits per heavy atom. The number of nitrogens with two attached hydrogens (primary N) is 1. The van der Waals surface area contributed by atoms with Gasteiger partial charge in [-0.25, -0.2) is 0 Å². The average Bonchev–Trinajstić information content (AvgIpc) is 2.53. The number of hydrogen-bond donors (Lipinski definition) is 1. The maximum atomic E-state index is 6.01. The van der Waals surface area contributed by atoms with Crippen molar-refractivity contribution in [1.82, 2.24) is 0 Å². The zero-order chi connectivity index (χ0) is 11.3. The van der Waals surface area contributed by atoms with E-state index in [9.17, 15) is 0 Å². The van der Waals surface area contributed by atoms with Crippen LogP contribution in [0.3, 0.4) is 0 Å². The van der Waals surface area contributed by atoms with Gasteiger partial charge in [0.1, 0.15) is 11.5 Å². The highest BCUT2D eigenvalue weighted by Crippen LogP contribution is 2.40. The summed E-state index contributed by atoms with van der Waals surface area (Å²) in [5, 5.41) is 0. The summed E-state index contributed by atoms with van der Waals surface area (Å²) >= 11 is 0. The number of fused-ring (bicyclic) bond motifs is 3. The number of rotatable bonds is 0. The molecule has 0 saturated carbocycles. The molecule has 1 unspecified atom stereocenters. The summed E-state index contributed by atoms with van der Waals surface area (Å²) in [7, 11) is 0. The lowest BCUT2D eigenvalue weighted by Gasteiger charge is -2.29. The minimum Gasteiger partial charge on any atom is -0.465 e. The van der Waals surface area contributed by atoms with Crippen molar-refractivity contribution in [3.8, 4) is 0 Å². The molecule has 1 heterocycles. The van der Waals surface area contributed by atoms with Crippen molar-refractivity contribution >= 4 is 0 Å². The molecule has 2 aliphatic carbocycles. The summed E-state index contributed by atoms with van der Waals surface area (Å²) in [4.78, 5) is 0. The summed E-state index contributed by atoms with van der Waals surface area (Å²) < 4.78 is 6.01. The molecule has 0 spiro atoms. The lowest BCUT2D eigenvalue weighted by molar-refractivity contribution is 0.292. The first-order chi connectivity index (χ1) is 7.55. The van der Waals surface area contributed by atoms with Crippen molar-refractivity contribution in [2.45, 2.75) is 58.4 Å². The van der Waals surface area contributed by atoms with Crippen LogP contribution < -0.4 is 5.73 Å². The standard InChI is InChI=1S/C14H21NO/c1-14(2)6-5-12-11(8-14)10-4-3-9(15)7-13(10)16-12/h9H,3-8,15H2,1-2H3. The lowest BCUT2D eigenvalue weighted by atomic mass is 9.74. The largest absolute Gasteiger partial charge is 0.465 e. The fraction of sp³-hybridized carbons (Fsp3) is 0.714. The molecule has 2 aliphatic rings. The SMILES string of the molecule is CC1(C)CCc2oc3c(c2C1)CCC(N)C3. The molecule has 2 N–H and O–H groups in total. The van der Waals surface area contributed by atoms with Crippen LogP contribution in [0.2, 0.25) is 0 Å². The van der Waals surface area contributed by atoms with Crippen LogP contribution in [0.4, 0.5) is 0 Å².